The van der Waals surface area contributed by atoms with E-state index in [0.717, 1.165) is 18.8 Å². The second-order valence-corrected chi connectivity index (χ2v) is 5.59. The molecule has 0 unspecified atom stereocenters. The maximum absolute atomic E-state index is 12.2. The fourth-order valence-electron chi connectivity index (χ4n) is 2.85. The van der Waals surface area contributed by atoms with E-state index in [2.05, 4.69) is 20.5 Å². The molecule has 2 aliphatic rings. The van der Waals surface area contributed by atoms with Crippen LogP contribution in [0.3, 0.4) is 0 Å². The average molecular weight is 290 g/mol. The minimum atomic E-state index is -0.321. The third kappa shape index (κ3) is 3.33. The van der Waals surface area contributed by atoms with Crippen molar-refractivity contribution in [3.05, 3.63) is 18.3 Å². The van der Waals surface area contributed by atoms with Gasteiger partial charge in [0.15, 0.2) is 0 Å². The van der Waals surface area contributed by atoms with Crippen molar-refractivity contribution in [3.8, 4) is 0 Å². The van der Waals surface area contributed by atoms with E-state index in [-0.39, 0.29) is 18.1 Å². The van der Waals surface area contributed by atoms with Crippen molar-refractivity contribution in [2.45, 2.75) is 31.9 Å². The molecule has 6 heteroatoms. The molecule has 6 nitrogen and oxygen atoms in total. The summed E-state index contributed by atoms with van der Waals surface area (Å²) in [6.07, 6.45) is 4.19. The fourth-order valence-corrected chi connectivity index (χ4v) is 2.85. The number of carbonyl (C=O) groups excluding carboxylic acids is 1. The monoisotopic (exact) mass is 290 g/mol. The number of hydrogen-bond acceptors (Lipinski definition) is 5. The number of rotatable bonds is 3. The van der Waals surface area contributed by atoms with Crippen LogP contribution in [0, 0.1) is 0 Å². The van der Waals surface area contributed by atoms with E-state index < -0.39 is 0 Å². The molecule has 2 saturated heterocycles. The highest BCUT2D eigenvalue weighted by Gasteiger charge is 2.28. The van der Waals surface area contributed by atoms with E-state index in [1.807, 2.05) is 25.3 Å². The Morgan fingerprint density at radius 1 is 1.43 bits per heavy atom. The first-order valence-corrected chi connectivity index (χ1v) is 7.61. The first-order chi connectivity index (χ1) is 10.2. The van der Waals surface area contributed by atoms with Crippen LogP contribution in [0.4, 0.5) is 11.5 Å². The van der Waals surface area contributed by atoms with Crippen LogP contribution in [0.2, 0.25) is 0 Å². The Labute approximate surface area is 124 Å². The lowest BCUT2D eigenvalue weighted by Crippen LogP contribution is -2.53. The quantitative estimate of drug-likeness (QED) is 0.869. The van der Waals surface area contributed by atoms with Gasteiger partial charge >= 0.3 is 0 Å². The number of hydrogen-bond donors (Lipinski definition) is 2. The van der Waals surface area contributed by atoms with Crippen LogP contribution in [0.15, 0.2) is 18.3 Å². The van der Waals surface area contributed by atoms with Gasteiger partial charge < -0.3 is 20.3 Å². The summed E-state index contributed by atoms with van der Waals surface area (Å²) in [6, 6.07) is 3.56. The molecule has 0 spiro atoms. The molecule has 21 heavy (non-hydrogen) atoms. The average Bonchev–Trinajstić information content (AvgIpc) is 3.02. The standard InChI is InChI=1S/C15H22N4O2/c1-11-14(16-6-9-21-11)15(20)18-13-5-4-12(10-17-13)19-7-2-3-8-19/h4-5,10-11,14,16H,2-3,6-9H2,1H3,(H,17,18,20)/t11-,14+/m1/s1. The molecule has 0 aromatic carbocycles. The van der Waals surface area contributed by atoms with Crippen molar-refractivity contribution in [3.63, 3.8) is 0 Å². The predicted molar refractivity (Wildman–Crippen MR) is 81.5 cm³/mol. The van der Waals surface area contributed by atoms with E-state index >= 15 is 0 Å². The third-order valence-corrected chi connectivity index (χ3v) is 4.07. The molecule has 0 saturated carbocycles. The lowest BCUT2D eigenvalue weighted by atomic mass is 10.1. The van der Waals surface area contributed by atoms with E-state index in [1.165, 1.54) is 12.8 Å². The van der Waals surface area contributed by atoms with E-state index in [1.54, 1.807) is 0 Å². The Kier molecular flexibility index (Phi) is 4.36. The van der Waals surface area contributed by atoms with Gasteiger partial charge in [-0.05, 0) is 31.9 Å². The molecular weight excluding hydrogens is 268 g/mol. The number of nitrogens with zero attached hydrogens (tertiary/aromatic N) is 2. The molecule has 3 heterocycles. The summed E-state index contributed by atoms with van der Waals surface area (Å²) in [5.41, 5.74) is 1.12. The number of morpholine rings is 1. The first-order valence-electron chi connectivity index (χ1n) is 7.61. The summed E-state index contributed by atoms with van der Waals surface area (Å²) in [6.45, 7) is 5.43. The van der Waals surface area contributed by atoms with Gasteiger partial charge in [0.05, 0.1) is 24.6 Å². The van der Waals surface area contributed by atoms with Crippen LogP contribution in [0.1, 0.15) is 19.8 Å². The van der Waals surface area contributed by atoms with Gasteiger partial charge in [-0.2, -0.15) is 0 Å². The summed E-state index contributed by atoms with van der Waals surface area (Å²) in [4.78, 5) is 18.9. The number of pyridine rings is 1. The molecule has 2 aliphatic heterocycles. The van der Waals surface area contributed by atoms with Gasteiger partial charge in [-0.15, -0.1) is 0 Å². The van der Waals surface area contributed by atoms with Gasteiger partial charge in [-0.25, -0.2) is 4.98 Å². The molecule has 2 atom stereocenters. The Balaban J connectivity index is 1.60. The maximum atomic E-state index is 12.2. The SMILES string of the molecule is C[C@H]1OCCN[C@@H]1C(=O)Nc1ccc(N2CCCC2)cn1. The smallest absolute Gasteiger partial charge is 0.245 e. The lowest BCUT2D eigenvalue weighted by molar-refractivity contribution is -0.123. The Morgan fingerprint density at radius 2 is 2.24 bits per heavy atom. The zero-order chi connectivity index (χ0) is 14.7. The summed E-state index contributed by atoms with van der Waals surface area (Å²) < 4.78 is 5.49. The minimum absolute atomic E-state index is 0.0939. The van der Waals surface area contributed by atoms with Gasteiger partial charge in [-0.3, -0.25) is 4.79 Å². The highest BCUT2D eigenvalue weighted by Crippen LogP contribution is 2.20. The Hall–Kier alpha value is -1.66. The number of amides is 1. The molecule has 0 radical (unpaired) electrons. The van der Waals surface area contributed by atoms with Crippen LogP contribution >= 0.6 is 0 Å². The second-order valence-electron chi connectivity index (χ2n) is 5.59. The zero-order valence-electron chi connectivity index (χ0n) is 12.3. The predicted octanol–water partition coefficient (Wildman–Crippen LogP) is 0.997. The lowest BCUT2D eigenvalue weighted by Gasteiger charge is -2.29. The number of anilines is 2. The van der Waals surface area contributed by atoms with Crippen molar-refractivity contribution in [2.75, 3.05) is 36.5 Å². The van der Waals surface area contributed by atoms with Crippen molar-refractivity contribution >= 4 is 17.4 Å². The molecular formula is C15H22N4O2. The molecule has 2 fully saturated rings. The summed E-state index contributed by atoms with van der Waals surface area (Å²) >= 11 is 0. The van der Waals surface area contributed by atoms with Gasteiger partial charge in [0, 0.05) is 19.6 Å². The van der Waals surface area contributed by atoms with Gasteiger partial charge in [0.1, 0.15) is 11.9 Å². The second kappa shape index (κ2) is 6.41. The highest BCUT2D eigenvalue weighted by molar-refractivity contribution is 5.94. The summed E-state index contributed by atoms with van der Waals surface area (Å²) in [5, 5.41) is 6.02. The van der Waals surface area contributed by atoms with E-state index in [4.69, 9.17) is 4.74 Å². The van der Waals surface area contributed by atoms with Crippen LogP contribution in [-0.4, -0.2) is 49.3 Å². The summed E-state index contributed by atoms with van der Waals surface area (Å²) in [7, 11) is 0. The molecule has 1 aromatic rings. The van der Waals surface area contributed by atoms with E-state index in [9.17, 15) is 4.79 Å². The van der Waals surface area contributed by atoms with Gasteiger partial charge in [-0.1, -0.05) is 0 Å². The van der Waals surface area contributed by atoms with Crippen LogP contribution in [0.5, 0.6) is 0 Å². The molecule has 0 aliphatic carbocycles. The Morgan fingerprint density at radius 3 is 2.90 bits per heavy atom. The minimum Gasteiger partial charge on any atom is -0.375 e. The van der Waals surface area contributed by atoms with E-state index in [0.29, 0.717) is 19.0 Å². The van der Waals surface area contributed by atoms with Crippen molar-refractivity contribution in [1.82, 2.24) is 10.3 Å². The zero-order valence-corrected chi connectivity index (χ0v) is 12.3. The Bertz CT molecular complexity index is 485. The van der Waals surface area contributed by atoms with Crippen molar-refractivity contribution < 1.29 is 9.53 Å². The molecule has 1 aromatic heterocycles. The maximum Gasteiger partial charge on any atom is 0.245 e. The number of aromatic nitrogens is 1. The topological polar surface area (TPSA) is 66.5 Å². The number of nitrogens with one attached hydrogen (secondary N) is 2. The summed E-state index contributed by atoms with van der Waals surface area (Å²) in [5.74, 6) is 0.492. The van der Waals surface area contributed by atoms with Crippen molar-refractivity contribution in [2.24, 2.45) is 0 Å². The van der Waals surface area contributed by atoms with Crippen LogP contribution < -0.4 is 15.5 Å². The number of carbonyl (C=O) groups is 1. The third-order valence-electron chi connectivity index (χ3n) is 4.07. The van der Waals surface area contributed by atoms with Gasteiger partial charge in [0.25, 0.3) is 0 Å². The normalized spacial score (nSPS) is 25.9. The van der Waals surface area contributed by atoms with Gasteiger partial charge in [0.2, 0.25) is 5.91 Å². The van der Waals surface area contributed by atoms with Crippen molar-refractivity contribution in [1.29, 1.82) is 0 Å². The fraction of sp³-hybridized carbons (Fsp3) is 0.600. The van der Waals surface area contributed by atoms with Crippen LogP contribution in [-0.2, 0) is 9.53 Å². The molecule has 1 amide bonds. The highest BCUT2D eigenvalue weighted by atomic mass is 16.5. The molecule has 114 valence electrons. The van der Waals surface area contributed by atoms with Crippen LogP contribution in [0.25, 0.3) is 0 Å². The first kappa shape index (κ1) is 14.3. The molecule has 0 bridgehead atoms. The molecule has 2 N–H and O–H groups in total. The number of ether oxygens (including phenoxy) is 1. The largest absolute Gasteiger partial charge is 0.375 e. The molecule has 3 rings (SSSR count).